The van der Waals surface area contributed by atoms with E-state index in [9.17, 15) is 13.6 Å². The molecule has 0 aliphatic carbocycles. The molecule has 1 saturated heterocycles. The molecule has 104 valence electrons. The van der Waals surface area contributed by atoms with E-state index in [1.807, 2.05) is 6.92 Å². The number of amides is 1. The first kappa shape index (κ1) is 13.5. The SMILES string of the molecule is CCCNc1nc(NC2CNC(=O)C2)c(F)cc1F. The Balaban J connectivity index is 2.12. The number of nitrogens with zero attached hydrogens (tertiary/aromatic N) is 1. The van der Waals surface area contributed by atoms with E-state index < -0.39 is 11.6 Å². The summed E-state index contributed by atoms with van der Waals surface area (Å²) >= 11 is 0. The number of aromatic nitrogens is 1. The van der Waals surface area contributed by atoms with Gasteiger partial charge in [0.25, 0.3) is 0 Å². The van der Waals surface area contributed by atoms with Crippen molar-refractivity contribution in [1.29, 1.82) is 0 Å². The van der Waals surface area contributed by atoms with Crippen LogP contribution < -0.4 is 16.0 Å². The molecule has 1 atom stereocenters. The lowest BCUT2D eigenvalue weighted by molar-refractivity contribution is -0.119. The van der Waals surface area contributed by atoms with E-state index in [-0.39, 0.29) is 30.0 Å². The average Bonchev–Trinajstić information content (AvgIpc) is 2.77. The lowest BCUT2D eigenvalue weighted by Crippen LogP contribution is -2.24. The van der Waals surface area contributed by atoms with Gasteiger partial charge >= 0.3 is 0 Å². The van der Waals surface area contributed by atoms with Crippen LogP contribution >= 0.6 is 0 Å². The van der Waals surface area contributed by atoms with Crippen molar-refractivity contribution in [3.63, 3.8) is 0 Å². The maximum Gasteiger partial charge on any atom is 0.222 e. The Bertz CT molecular complexity index is 481. The lowest BCUT2D eigenvalue weighted by Gasteiger charge is -2.14. The van der Waals surface area contributed by atoms with E-state index in [0.717, 1.165) is 12.5 Å². The van der Waals surface area contributed by atoms with Gasteiger partial charge in [-0.1, -0.05) is 6.92 Å². The Morgan fingerprint density at radius 3 is 2.79 bits per heavy atom. The van der Waals surface area contributed by atoms with Crippen LogP contribution in [0.4, 0.5) is 20.4 Å². The Hall–Kier alpha value is -1.92. The summed E-state index contributed by atoms with van der Waals surface area (Å²) in [5.41, 5.74) is 0. The number of pyridine rings is 1. The minimum absolute atomic E-state index is 0.0167. The van der Waals surface area contributed by atoms with Crippen LogP contribution in [0.25, 0.3) is 0 Å². The van der Waals surface area contributed by atoms with E-state index in [4.69, 9.17) is 0 Å². The molecule has 0 saturated carbocycles. The van der Waals surface area contributed by atoms with E-state index in [2.05, 4.69) is 20.9 Å². The first-order valence-corrected chi connectivity index (χ1v) is 6.23. The van der Waals surface area contributed by atoms with Crippen LogP contribution in [0.5, 0.6) is 0 Å². The van der Waals surface area contributed by atoms with Crippen molar-refractivity contribution >= 4 is 17.5 Å². The zero-order valence-electron chi connectivity index (χ0n) is 10.6. The highest BCUT2D eigenvalue weighted by Gasteiger charge is 2.23. The molecule has 0 radical (unpaired) electrons. The van der Waals surface area contributed by atoms with Crippen molar-refractivity contribution in [3.8, 4) is 0 Å². The summed E-state index contributed by atoms with van der Waals surface area (Å²) in [5, 5.41) is 8.22. The summed E-state index contributed by atoms with van der Waals surface area (Å²) in [6, 6.07) is 0.566. The predicted octanol–water partition coefficient (Wildman–Crippen LogP) is 1.48. The molecule has 0 aromatic carbocycles. The Labute approximate surface area is 109 Å². The van der Waals surface area contributed by atoms with Gasteiger partial charge in [0.1, 0.15) is 0 Å². The fourth-order valence-corrected chi connectivity index (χ4v) is 1.84. The second-order valence-corrected chi connectivity index (χ2v) is 4.43. The zero-order valence-corrected chi connectivity index (χ0v) is 10.6. The number of carbonyl (C=O) groups excluding carboxylic acids is 1. The molecule has 2 rings (SSSR count). The summed E-state index contributed by atoms with van der Waals surface area (Å²) in [5.74, 6) is -1.61. The largest absolute Gasteiger partial charge is 0.368 e. The normalized spacial score (nSPS) is 18.3. The molecule has 0 spiro atoms. The highest BCUT2D eigenvalue weighted by Crippen LogP contribution is 2.20. The summed E-state index contributed by atoms with van der Waals surface area (Å²) in [6.45, 7) is 2.90. The topological polar surface area (TPSA) is 66.1 Å². The highest BCUT2D eigenvalue weighted by molar-refractivity contribution is 5.79. The molecule has 1 fully saturated rings. The summed E-state index contributed by atoms with van der Waals surface area (Å²) < 4.78 is 27.1. The van der Waals surface area contributed by atoms with Gasteiger partial charge in [-0.3, -0.25) is 4.79 Å². The van der Waals surface area contributed by atoms with Gasteiger partial charge in [-0.2, -0.15) is 0 Å². The highest BCUT2D eigenvalue weighted by atomic mass is 19.1. The maximum atomic E-state index is 13.6. The van der Waals surface area contributed by atoms with Crippen LogP contribution in [-0.2, 0) is 4.79 Å². The average molecular weight is 270 g/mol. The standard InChI is InChI=1S/C12H16F2N4O/c1-2-3-15-11-8(13)5-9(14)12(18-11)17-7-4-10(19)16-6-7/h5,7H,2-4,6H2,1H3,(H,16,19)(H2,15,17,18). The van der Waals surface area contributed by atoms with Crippen LogP contribution in [0.3, 0.4) is 0 Å². The third kappa shape index (κ3) is 3.30. The van der Waals surface area contributed by atoms with Crippen molar-refractivity contribution in [3.05, 3.63) is 17.7 Å². The summed E-state index contributed by atoms with van der Waals surface area (Å²) in [7, 11) is 0. The molecule has 1 amide bonds. The van der Waals surface area contributed by atoms with Crippen LogP contribution in [0.1, 0.15) is 19.8 Å². The molecule has 1 aromatic rings. The van der Waals surface area contributed by atoms with Gasteiger partial charge in [0.2, 0.25) is 5.91 Å². The van der Waals surface area contributed by atoms with Gasteiger partial charge in [0.15, 0.2) is 23.3 Å². The molecule has 7 heteroatoms. The number of anilines is 2. The van der Waals surface area contributed by atoms with Gasteiger partial charge in [-0.05, 0) is 6.42 Å². The molecule has 3 N–H and O–H groups in total. The maximum absolute atomic E-state index is 13.6. The number of hydrogen-bond donors (Lipinski definition) is 3. The molecule has 5 nitrogen and oxygen atoms in total. The van der Waals surface area contributed by atoms with Gasteiger partial charge in [-0.25, -0.2) is 13.8 Å². The monoisotopic (exact) mass is 270 g/mol. The molecular weight excluding hydrogens is 254 g/mol. The number of carbonyl (C=O) groups is 1. The third-order valence-electron chi connectivity index (χ3n) is 2.79. The smallest absolute Gasteiger partial charge is 0.222 e. The second-order valence-electron chi connectivity index (χ2n) is 4.43. The van der Waals surface area contributed by atoms with E-state index >= 15 is 0 Å². The van der Waals surface area contributed by atoms with Crippen molar-refractivity contribution in [2.75, 3.05) is 23.7 Å². The minimum Gasteiger partial charge on any atom is -0.368 e. The fraction of sp³-hybridized carbons (Fsp3) is 0.500. The van der Waals surface area contributed by atoms with Crippen LogP contribution in [0, 0.1) is 11.6 Å². The second kappa shape index (κ2) is 5.81. The lowest BCUT2D eigenvalue weighted by atomic mass is 10.2. The van der Waals surface area contributed by atoms with E-state index in [0.29, 0.717) is 13.1 Å². The van der Waals surface area contributed by atoms with Gasteiger partial charge in [0.05, 0.1) is 6.04 Å². The molecule has 1 aliphatic heterocycles. The van der Waals surface area contributed by atoms with Gasteiger partial charge < -0.3 is 16.0 Å². The number of hydrogen-bond acceptors (Lipinski definition) is 4. The van der Waals surface area contributed by atoms with E-state index in [1.54, 1.807) is 0 Å². The fourth-order valence-electron chi connectivity index (χ4n) is 1.84. The Morgan fingerprint density at radius 1 is 1.42 bits per heavy atom. The zero-order chi connectivity index (χ0) is 13.8. The van der Waals surface area contributed by atoms with E-state index in [1.165, 1.54) is 0 Å². The Kier molecular flexibility index (Phi) is 4.13. The van der Waals surface area contributed by atoms with Crippen molar-refractivity contribution in [2.45, 2.75) is 25.8 Å². The number of halogens is 2. The molecule has 1 aromatic heterocycles. The van der Waals surface area contributed by atoms with Gasteiger partial charge in [0, 0.05) is 25.6 Å². The third-order valence-corrected chi connectivity index (χ3v) is 2.79. The molecule has 1 aliphatic rings. The number of nitrogens with one attached hydrogen (secondary N) is 3. The van der Waals surface area contributed by atoms with Crippen LogP contribution in [-0.4, -0.2) is 30.0 Å². The van der Waals surface area contributed by atoms with Crippen molar-refractivity contribution in [2.24, 2.45) is 0 Å². The van der Waals surface area contributed by atoms with Crippen molar-refractivity contribution in [1.82, 2.24) is 10.3 Å². The van der Waals surface area contributed by atoms with Crippen LogP contribution in [0.2, 0.25) is 0 Å². The molecule has 2 heterocycles. The molecule has 19 heavy (non-hydrogen) atoms. The van der Waals surface area contributed by atoms with Gasteiger partial charge in [-0.15, -0.1) is 0 Å². The predicted molar refractivity (Wildman–Crippen MR) is 68.0 cm³/mol. The Morgan fingerprint density at radius 2 is 2.16 bits per heavy atom. The minimum atomic E-state index is -0.765. The summed E-state index contributed by atoms with van der Waals surface area (Å²) in [4.78, 5) is 14.9. The first-order valence-electron chi connectivity index (χ1n) is 6.23. The van der Waals surface area contributed by atoms with Crippen molar-refractivity contribution < 1.29 is 13.6 Å². The first-order chi connectivity index (χ1) is 9.10. The molecule has 1 unspecified atom stereocenters. The number of rotatable bonds is 5. The van der Waals surface area contributed by atoms with Crippen LogP contribution in [0.15, 0.2) is 6.07 Å². The summed E-state index contributed by atoms with van der Waals surface area (Å²) in [6.07, 6.45) is 1.07. The molecular formula is C12H16F2N4O. The molecule has 0 bridgehead atoms. The quantitative estimate of drug-likeness (QED) is 0.758.